The molecule has 0 unspecified atom stereocenters. The quantitative estimate of drug-likeness (QED) is 0.251. The molecule has 10 heavy (non-hydrogen) atoms. The SMILES string of the molecule is C1CN1.C=CS(=O)(=O)[O-].[Na+]. The van der Waals surface area contributed by atoms with Gasteiger partial charge in [0.15, 0.2) is 0 Å². The van der Waals surface area contributed by atoms with Crippen LogP contribution in [0.4, 0.5) is 0 Å². The maximum Gasteiger partial charge on any atom is 1.00 e. The molecular formula is C4H8NNaO3S. The maximum atomic E-state index is 9.33. The molecule has 1 rings (SSSR count). The van der Waals surface area contributed by atoms with Crippen LogP contribution in [-0.4, -0.2) is 26.1 Å². The molecule has 0 aromatic rings. The third kappa shape index (κ3) is 23.5. The van der Waals surface area contributed by atoms with Crippen molar-refractivity contribution in [3.05, 3.63) is 12.0 Å². The first kappa shape index (κ1) is 13.2. The topological polar surface area (TPSA) is 79.1 Å². The van der Waals surface area contributed by atoms with E-state index >= 15 is 0 Å². The van der Waals surface area contributed by atoms with E-state index in [0.717, 1.165) is 0 Å². The van der Waals surface area contributed by atoms with Crippen LogP contribution in [0, 0.1) is 0 Å². The Morgan fingerprint density at radius 3 is 1.70 bits per heavy atom. The van der Waals surface area contributed by atoms with Crippen LogP contribution >= 0.6 is 0 Å². The molecule has 0 amide bonds. The third-order valence-corrected chi connectivity index (χ3v) is 0.862. The van der Waals surface area contributed by atoms with Crippen LogP contribution in [0.1, 0.15) is 0 Å². The van der Waals surface area contributed by atoms with Gasteiger partial charge in [-0.3, -0.25) is 0 Å². The zero-order valence-corrected chi connectivity index (χ0v) is 8.65. The van der Waals surface area contributed by atoms with Gasteiger partial charge in [-0.1, -0.05) is 6.58 Å². The summed E-state index contributed by atoms with van der Waals surface area (Å²) in [6, 6.07) is 0. The smallest absolute Gasteiger partial charge is 0.745 e. The van der Waals surface area contributed by atoms with E-state index in [0.29, 0.717) is 5.41 Å². The first-order valence-electron chi connectivity index (χ1n) is 2.35. The molecular weight excluding hydrogens is 165 g/mol. The maximum absolute atomic E-state index is 9.33. The Balaban J connectivity index is 0. The number of nitrogens with one attached hydrogen (secondary N) is 1. The summed E-state index contributed by atoms with van der Waals surface area (Å²) in [6.45, 7) is 5.23. The first-order valence-corrected chi connectivity index (χ1v) is 3.82. The number of rotatable bonds is 1. The molecule has 0 bridgehead atoms. The second-order valence-electron chi connectivity index (χ2n) is 1.41. The summed E-state index contributed by atoms with van der Waals surface area (Å²) in [5, 5.41) is 3.35. The summed E-state index contributed by atoms with van der Waals surface area (Å²) in [5.74, 6) is 0. The van der Waals surface area contributed by atoms with Gasteiger partial charge in [-0.2, -0.15) is 0 Å². The predicted molar refractivity (Wildman–Crippen MR) is 32.8 cm³/mol. The zero-order chi connectivity index (χ0) is 7.33. The normalized spacial score (nSPS) is 13.7. The minimum atomic E-state index is -4.15. The van der Waals surface area contributed by atoms with Crippen LogP contribution in [0.2, 0.25) is 0 Å². The van der Waals surface area contributed by atoms with Crippen molar-refractivity contribution in [2.45, 2.75) is 0 Å². The van der Waals surface area contributed by atoms with Gasteiger partial charge in [0, 0.05) is 18.5 Å². The van der Waals surface area contributed by atoms with Crippen molar-refractivity contribution in [2.24, 2.45) is 0 Å². The molecule has 0 saturated carbocycles. The van der Waals surface area contributed by atoms with Gasteiger partial charge in [-0.05, 0) is 0 Å². The van der Waals surface area contributed by atoms with E-state index < -0.39 is 10.1 Å². The summed E-state index contributed by atoms with van der Waals surface area (Å²) in [6.07, 6.45) is 0. The summed E-state index contributed by atoms with van der Waals surface area (Å²) < 4.78 is 28.0. The van der Waals surface area contributed by atoms with Gasteiger partial charge in [0.1, 0.15) is 10.1 Å². The fourth-order valence-electron chi connectivity index (χ4n) is 0. The third-order valence-electron chi connectivity index (χ3n) is 0.454. The van der Waals surface area contributed by atoms with Crippen molar-refractivity contribution in [3.63, 3.8) is 0 Å². The van der Waals surface area contributed by atoms with Gasteiger partial charge in [0.2, 0.25) is 0 Å². The van der Waals surface area contributed by atoms with Crippen LogP contribution in [0.25, 0.3) is 0 Å². The summed E-state index contributed by atoms with van der Waals surface area (Å²) in [5.41, 5.74) is 0. The van der Waals surface area contributed by atoms with E-state index in [1.54, 1.807) is 0 Å². The number of hydrogen-bond acceptors (Lipinski definition) is 4. The molecule has 1 N–H and O–H groups in total. The molecule has 0 aromatic heterocycles. The molecule has 0 radical (unpaired) electrons. The van der Waals surface area contributed by atoms with E-state index in [1.165, 1.54) is 13.1 Å². The van der Waals surface area contributed by atoms with Gasteiger partial charge >= 0.3 is 29.6 Å². The summed E-state index contributed by atoms with van der Waals surface area (Å²) in [4.78, 5) is 0. The Kier molecular flexibility index (Phi) is 8.36. The van der Waals surface area contributed by atoms with Crippen molar-refractivity contribution in [3.8, 4) is 0 Å². The van der Waals surface area contributed by atoms with Gasteiger partial charge < -0.3 is 9.87 Å². The zero-order valence-electron chi connectivity index (χ0n) is 5.83. The number of hydrogen-bond donors (Lipinski definition) is 1. The molecule has 1 aliphatic heterocycles. The first-order chi connectivity index (χ1) is 4.06. The Morgan fingerprint density at radius 1 is 1.50 bits per heavy atom. The average molecular weight is 173 g/mol. The van der Waals surface area contributed by atoms with Crippen LogP contribution < -0.4 is 34.9 Å². The minimum absolute atomic E-state index is 0. The van der Waals surface area contributed by atoms with Crippen molar-refractivity contribution in [2.75, 3.05) is 13.1 Å². The van der Waals surface area contributed by atoms with Crippen molar-refractivity contribution >= 4 is 10.1 Å². The van der Waals surface area contributed by atoms with E-state index in [2.05, 4.69) is 11.9 Å². The molecule has 1 aliphatic rings. The van der Waals surface area contributed by atoms with Crippen molar-refractivity contribution in [1.29, 1.82) is 0 Å². The Bertz CT molecular complexity index is 161. The Labute approximate surface area is 82.7 Å². The van der Waals surface area contributed by atoms with E-state index in [-0.39, 0.29) is 29.6 Å². The second-order valence-corrected chi connectivity index (χ2v) is 2.73. The van der Waals surface area contributed by atoms with Gasteiger partial charge in [-0.15, -0.1) is 0 Å². The van der Waals surface area contributed by atoms with Crippen LogP contribution in [-0.2, 0) is 10.1 Å². The largest absolute Gasteiger partial charge is 1.00 e. The molecule has 1 heterocycles. The molecule has 4 nitrogen and oxygen atoms in total. The fraction of sp³-hybridized carbons (Fsp3) is 0.500. The van der Waals surface area contributed by atoms with E-state index in [1.807, 2.05) is 0 Å². The minimum Gasteiger partial charge on any atom is -0.745 e. The standard InChI is InChI=1S/C2H5N.C2H4O3S.Na/c1-2-3-1;1-2-6(3,4)5;/h3H,1-2H2;2H,1H2,(H,3,4,5);/q;;+1/p-1. The van der Waals surface area contributed by atoms with Gasteiger partial charge in [0.25, 0.3) is 0 Å². The van der Waals surface area contributed by atoms with Gasteiger partial charge in [0.05, 0.1) is 0 Å². The van der Waals surface area contributed by atoms with Crippen LogP contribution in [0.5, 0.6) is 0 Å². The van der Waals surface area contributed by atoms with Crippen LogP contribution in [0.3, 0.4) is 0 Å². The molecule has 54 valence electrons. The molecule has 0 aliphatic carbocycles. The molecule has 0 atom stereocenters. The van der Waals surface area contributed by atoms with Crippen LogP contribution in [0.15, 0.2) is 12.0 Å². The monoisotopic (exact) mass is 173 g/mol. The fourth-order valence-corrected chi connectivity index (χ4v) is 0. The van der Waals surface area contributed by atoms with E-state index in [4.69, 9.17) is 0 Å². The molecule has 1 saturated heterocycles. The predicted octanol–water partition coefficient (Wildman–Crippen LogP) is -3.73. The summed E-state index contributed by atoms with van der Waals surface area (Å²) >= 11 is 0. The molecule has 0 spiro atoms. The summed E-state index contributed by atoms with van der Waals surface area (Å²) in [7, 11) is -4.15. The second kappa shape index (κ2) is 6.33. The molecule has 0 aromatic carbocycles. The van der Waals surface area contributed by atoms with Gasteiger partial charge in [-0.25, -0.2) is 8.42 Å². The Hall–Kier alpha value is 0.610. The Morgan fingerprint density at radius 2 is 1.70 bits per heavy atom. The molecule has 6 heteroatoms. The molecule has 1 fully saturated rings. The van der Waals surface area contributed by atoms with Crippen molar-refractivity contribution in [1.82, 2.24) is 5.32 Å². The van der Waals surface area contributed by atoms with Crippen molar-refractivity contribution < 1.29 is 42.5 Å². The average Bonchev–Trinajstić information content (AvgIpc) is 2.45. The van der Waals surface area contributed by atoms with E-state index in [9.17, 15) is 13.0 Å².